The highest BCUT2D eigenvalue weighted by molar-refractivity contribution is 6.09. The summed E-state index contributed by atoms with van der Waals surface area (Å²) in [6, 6.07) is 96.2. The van der Waals surface area contributed by atoms with Crippen molar-refractivity contribution in [1.29, 1.82) is 0 Å². The van der Waals surface area contributed by atoms with Crippen LogP contribution in [-0.4, -0.2) is 4.57 Å². The maximum atomic E-state index is 6.18. The molecule has 13 aromatic rings. The number of furan rings is 1. The minimum absolute atomic E-state index is 0.897. The quantitative estimate of drug-likeness (QED) is 0.144. The van der Waals surface area contributed by atoms with Crippen LogP contribution >= 0.6 is 0 Å². The van der Waals surface area contributed by atoms with Gasteiger partial charge in [-0.25, -0.2) is 0 Å². The number of hydrogen-bond donors (Lipinski definition) is 0. The van der Waals surface area contributed by atoms with E-state index in [1.807, 2.05) is 12.1 Å². The third-order valence-electron chi connectivity index (χ3n) is 13.7. The van der Waals surface area contributed by atoms with E-state index in [0.717, 1.165) is 72.5 Å². The van der Waals surface area contributed by atoms with Gasteiger partial charge in [0.25, 0.3) is 0 Å². The number of para-hydroxylation sites is 4. The van der Waals surface area contributed by atoms with Gasteiger partial charge in [0.1, 0.15) is 11.2 Å². The molecule has 2 aromatic heterocycles. The molecule has 2 heterocycles. The Kier molecular flexibility index (Phi) is 9.84. The topological polar surface area (TPSA) is 21.3 Å². The van der Waals surface area contributed by atoms with Gasteiger partial charge in [-0.1, -0.05) is 194 Å². The summed E-state index contributed by atoms with van der Waals surface area (Å²) in [6.45, 7) is 0. The third kappa shape index (κ3) is 7.08. The summed E-state index contributed by atoms with van der Waals surface area (Å²) in [4.78, 5) is 2.40. The average Bonchev–Trinajstić information content (AvgIpc) is 3.97. The van der Waals surface area contributed by atoms with Crippen molar-refractivity contribution in [3.8, 4) is 61.3 Å². The number of fused-ring (bicyclic) bond motifs is 6. The standard InChI is InChI=1S/C66H44N2O/c1-2-16-48(17-3-1)53-18-4-5-19-54(53)55-20-6-7-21-56(55)57-22-8-12-26-62(57)67(51-39-34-47(35-40-51)49-36-43-66-61(44-49)60-25-11-15-29-65(60)69-66)50-37-30-45(31-38-50)46-32-41-52(42-33-46)68-63-27-13-9-23-58(63)59-24-10-14-28-64(59)68/h1-44H. The van der Waals surface area contributed by atoms with Crippen molar-refractivity contribution in [1.82, 2.24) is 4.57 Å². The number of aromatic nitrogens is 1. The first-order valence-corrected chi connectivity index (χ1v) is 23.6. The molecular weight excluding hydrogens is 837 g/mol. The van der Waals surface area contributed by atoms with E-state index in [4.69, 9.17) is 4.42 Å². The molecule has 0 aliphatic carbocycles. The van der Waals surface area contributed by atoms with Crippen molar-refractivity contribution >= 4 is 60.8 Å². The number of rotatable bonds is 9. The van der Waals surface area contributed by atoms with E-state index in [2.05, 4.69) is 264 Å². The van der Waals surface area contributed by atoms with Crippen molar-refractivity contribution in [2.75, 3.05) is 4.90 Å². The van der Waals surface area contributed by atoms with Crippen LogP contribution in [0.2, 0.25) is 0 Å². The van der Waals surface area contributed by atoms with Gasteiger partial charge in [0.15, 0.2) is 0 Å². The van der Waals surface area contributed by atoms with Crippen molar-refractivity contribution < 1.29 is 4.42 Å². The second-order valence-corrected chi connectivity index (χ2v) is 17.6. The van der Waals surface area contributed by atoms with Gasteiger partial charge < -0.3 is 13.9 Å². The third-order valence-corrected chi connectivity index (χ3v) is 13.7. The van der Waals surface area contributed by atoms with Crippen molar-refractivity contribution in [3.63, 3.8) is 0 Å². The molecule has 0 atom stereocenters. The first-order chi connectivity index (χ1) is 34.2. The van der Waals surface area contributed by atoms with Crippen LogP contribution in [-0.2, 0) is 0 Å². The Bertz CT molecular complexity index is 3940. The Hall–Kier alpha value is -9.18. The van der Waals surface area contributed by atoms with E-state index in [1.54, 1.807) is 0 Å². The summed E-state index contributed by atoms with van der Waals surface area (Å²) in [5.74, 6) is 0. The molecule has 3 nitrogen and oxygen atoms in total. The Morgan fingerprint density at radius 3 is 1.35 bits per heavy atom. The van der Waals surface area contributed by atoms with Gasteiger partial charge in [-0.15, -0.1) is 0 Å². The fourth-order valence-electron chi connectivity index (χ4n) is 10.4. The summed E-state index contributed by atoms with van der Waals surface area (Å²) in [6.07, 6.45) is 0. The van der Waals surface area contributed by atoms with Crippen LogP contribution < -0.4 is 4.90 Å². The Morgan fingerprint density at radius 1 is 0.275 bits per heavy atom. The molecular formula is C66H44N2O. The normalized spacial score (nSPS) is 11.5. The lowest BCUT2D eigenvalue weighted by Crippen LogP contribution is -2.11. The zero-order chi connectivity index (χ0) is 45.7. The van der Waals surface area contributed by atoms with Crippen LogP contribution in [0.1, 0.15) is 0 Å². The zero-order valence-corrected chi connectivity index (χ0v) is 37.7. The zero-order valence-electron chi connectivity index (χ0n) is 37.7. The molecule has 0 spiro atoms. The largest absolute Gasteiger partial charge is 0.456 e. The summed E-state index contributed by atoms with van der Waals surface area (Å²) in [5, 5.41) is 4.77. The van der Waals surface area contributed by atoms with Crippen molar-refractivity contribution in [2.45, 2.75) is 0 Å². The minimum Gasteiger partial charge on any atom is -0.456 e. The van der Waals surface area contributed by atoms with Crippen molar-refractivity contribution in [3.05, 3.63) is 267 Å². The van der Waals surface area contributed by atoms with E-state index in [1.165, 1.54) is 49.6 Å². The van der Waals surface area contributed by atoms with E-state index in [9.17, 15) is 0 Å². The van der Waals surface area contributed by atoms with Gasteiger partial charge in [0.2, 0.25) is 0 Å². The summed E-state index contributed by atoms with van der Waals surface area (Å²) >= 11 is 0. The molecule has 3 heteroatoms. The summed E-state index contributed by atoms with van der Waals surface area (Å²) in [5.41, 5.74) is 20.3. The molecule has 324 valence electrons. The first-order valence-electron chi connectivity index (χ1n) is 23.6. The fraction of sp³-hybridized carbons (Fsp3) is 0. The Balaban J connectivity index is 0.912. The molecule has 0 bridgehead atoms. The molecule has 0 fully saturated rings. The second-order valence-electron chi connectivity index (χ2n) is 17.6. The first kappa shape index (κ1) is 40.1. The molecule has 69 heavy (non-hydrogen) atoms. The monoisotopic (exact) mass is 880 g/mol. The minimum atomic E-state index is 0.897. The Labute approximate surface area is 401 Å². The maximum absolute atomic E-state index is 6.18. The lowest BCUT2D eigenvalue weighted by atomic mass is 9.88. The number of anilines is 3. The second kappa shape index (κ2) is 16.9. The summed E-state index contributed by atoms with van der Waals surface area (Å²) < 4.78 is 8.55. The molecule has 0 amide bonds. The fourth-order valence-corrected chi connectivity index (χ4v) is 10.4. The van der Waals surface area contributed by atoms with E-state index in [-0.39, 0.29) is 0 Å². The Morgan fingerprint density at radius 2 is 0.710 bits per heavy atom. The van der Waals surface area contributed by atoms with Crippen LogP contribution in [0.5, 0.6) is 0 Å². The van der Waals surface area contributed by atoms with Crippen LogP contribution in [0.25, 0.3) is 105 Å². The smallest absolute Gasteiger partial charge is 0.135 e. The van der Waals surface area contributed by atoms with Gasteiger partial charge in [-0.05, 0) is 123 Å². The molecule has 0 saturated heterocycles. The highest BCUT2D eigenvalue weighted by Crippen LogP contribution is 2.46. The lowest BCUT2D eigenvalue weighted by molar-refractivity contribution is 0.669. The highest BCUT2D eigenvalue weighted by Gasteiger charge is 2.21. The highest BCUT2D eigenvalue weighted by atomic mass is 16.3. The molecule has 13 rings (SSSR count). The van der Waals surface area contributed by atoms with E-state index in [0.29, 0.717) is 0 Å². The SMILES string of the molecule is c1ccc(-c2ccccc2-c2ccccc2-c2ccccc2N(c2ccc(-c3ccc(-n4c5ccccc5c5ccccc54)cc3)cc2)c2ccc(-c3ccc4oc5ccccc5c4c3)cc2)cc1. The van der Waals surface area contributed by atoms with Gasteiger partial charge >= 0.3 is 0 Å². The summed E-state index contributed by atoms with van der Waals surface area (Å²) in [7, 11) is 0. The van der Waals surface area contributed by atoms with Crippen LogP contribution in [0.15, 0.2) is 271 Å². The predicted octanol–water partition coefficient (Wildman–Crippen LogP) is 18.5. The number of benzene rings is 11. The molecule has 0 aliphatic rings. The van der Waals surface area contributed by atoms with Gasteiger partial charge in [0.05, 0.1) is 16.7 Å². The van der Waals surface area contributed by atoms with Crippen molar-refractivity contribution in [2.24, 2.45) is 0 Å². The van der Waals surface area contributed by atoms with Gasteiger partial charge in [-0.3, -0.25) is 0 Å². The predicted molar refractivity (Wildman–Crippen MR) is 290 cm³/mol. The number of nitrogens with zero attached hydrogens (tertiary/aromatic N) is 2. The molecule has 0 unspecified atom stereocenters. The maximum Gasteiger partial charge on any atom is 0.135 e. The average molecular weight is 881 g/mol. The molecule has 0 aliphatic heterocycles. The van der Waals surface area contributed by atoms with E-state index < -0.39 is 0 Å². The molecule has 0 saturated carbocycles. The molecule has 0 N–H and O–H groups in total. The van der Waals surface area contributed by atoms with Gasteiger partial charge in [-0.2, -0.15) is 0 Å². The van der Waals surface area contributed by atoms with Crippen LogP contribution in [0.3, 0.4) is 0 Å². The van der Waals surface area contributed by atoms with Crippen LogP contribution in [0, 0.1) is 0 Å². The molecule has 0 radical (unpaired) electrons. The van der Waals surface area contributed by atoms with Crippen LogP contribution in [0.4, 0.5) is 17.1 Å². The van der Waals surface area contributed by atoms with E-state index >= 15 is 0 Å². The van der Waals surface area contributed by atoms with Gasteiger partial charge in [0, 0.05) is 44.2 Å². The number of hydrogen-bond acceptors (Lipinski definition) is 2. The lowest BCUT2D eigenvalue weighted by Gasteiger charge is -2.29. The molecule has 11 aromatic carbocycles.